The van der Waals surface area contributed by atoms with Crippen molar-refractivity contribution in [3.05, 3.63) is 59.7 Å². The van der Waals surface area contributed by atoms with Gasteiger partial charge in [-0.1, -0.05) is 12.1 Å². The van der Waals surface area contributed by atoms with Gasteiger partial charge in [0, 0.05) is 37.6 Å². The van der Waals surface area contributed by atoms with Gasteiger partial charge in [-0.2, -0.15) is 0 Å². The van der Waals surface area contributed by atoms with E-state index in [0.717, 1.165) is 43.8 Å². The summed E-state index contributed by atoms with van der Waals surface area (Å²) < 4.78 is 2.31. The van der Waals surface area contributed by atoms with Crippen LogP contribution in [0.1, 0.15) is 61.1 Å². The maximum atomic E-state index is 5.05. The highest BCUT2D eigenvalue weighted by Crippen LogP contribution is 2.44. The number of nitrogens with zero attached hydrogens (tertiary/aromatic N) is 5. The lowest BCUT2D eigenvalue weighted by molar-refractivity contribution is 0.198. The van der Waals surface area contributed by atoms with Crippen LogP contribution in [0, 0.1) is 6.92 Å². The van der Waals surface area contributed by atoms with Gasteiger partial charge in [-0.25, -0.2) is 4.98 Å². The highest BCUT2D eigenvalue weighted by molar-refractivity contribution is 5.54. The fourth-order valence-corrected chi connectivity index (χ4v) is 5.63. The van der Waals surface area contributed by atoms with Gasteiger partial charge in [0.15, 0.2) is 0 Å². The number of pyridine rings is 2. The monoisotopic (exact) mass is 416 g/mol. The van der Waals surface area contributed by atoms with Crippen LogP contribution in [-0.4, -0.2) is 51.5 Å². The Morgan fingerprint density at radius 2 is 1.94 bits per heavy atom. The van der Waals surface area contributed by atoms with E-state index in [4.69, 9.17) is 4.98 Å². The molecule has 0 bridgehead atoms. The molecule has 3 aromatic heterocycles. The summed E-state index contributed by atoms with van der Waals surface area (Å²) in [5, 5.41) is 3.86. The fourth-order valence-electron chi connectivity index (χ4n) is 5.63. The second kappa shape index (κ2) is 7.31. The van der Waals surface area contributed by atoms with Crippen LogP contribution in [0.15, 0.2) is 42.7 Å². The Hall–Kier alpha value is -2.44. The van der Waals surface area contributed by atoms with Crippen molar-refractivity contribution >= 4 is 11.5 Å². The maximum Gasteiger partial charge on any atom is 0.138 e. The van der Waals surface area contributed by atoms with Gasteiger partial charge in [0.2, 0.25) is 0 Å². The first-order valence-electron chi connectivity index (χ1n) is 11.7. The summed E-state index contributed by atoms with van der Waals surface area (Å²) in [4.78, 5) is 14.9. The Bertz CT molecular complexity index is 1100. The van der Waals surface area contributed by atoms with E-state index in [1.54, 1.807) is 0 Å². The summed E-state index contributed by atoms with van der Waals surface area (Å²) in [6.07, 6.45) is 10.3. The van der Waals surface area contributed by atoms with Gasteiger partial charge >= 0.3 is 0 Å². The molecule has 2 atom stereocenters. The molecule has 2 aliphatic heterocycles. The Labute approximate surface area is 184 Å². The van der Waals surface area contributed by atoms with Crippen LogP contribution in [0.4, 0.5) is 5.82 Å². The normalized spacial score (nSPS) is 25.9. The maximum absolute atomic E-state index is 5.05. The molecule has 3 aromatic rings. The molecule has 1 spiro atoms. The summed E-state index contributed by atoms with van der Waals surface area (Å²) in [5.74, 6) is 1.28. The van der Waals surface area contributed by atoms with Crippen molar-refractivity contribution in [3.8, 4) is 0 Å². The molecular formula is C25H32N6. The highest BCUT2D eigenvalue weighted by atomic mass is 15.4. The molecular weight excluding hydrogens is 384 g/mol. The van der Waals surface area contributed by atoms with Crippen molar-refractivity contribution in [2.45, 2.75) is 56.7 Å². The van der Waals surface area contributed by atoms with Crippen molar-refractivity contribution in [3.63, 3.8) is 0 Å². The molecule has 3 fully saturated rings. The second-order valence-corrected chi connectivity index (χ2v) is 9.75. The van der Waals surface area contributed by atoms with Crippen LogP contribution < -0.4 is 10.2 Å². The van der Waals surface area contributed by atoms with Crippen LogP contribution in [0.5, 0.6) is 0 Å². The molecule has 1 aliphatic carbocycles. The van der Waals surface area contributed by atoms with Crippen LogP contribution in [-0.2, 0) is 0 Å². The number of aryl methyl sites for hydroxylation is 1. The minimum absolute atomic E-state index is 0.273. The molecule has 6 nitrogen and oxygen atoms in total. The van der Waals surface area contributed by atoms with Crippen molar-refractivity contribution < 1.29 is 0 Å². The predicted octanol–water partition coefficient (Wildman–Crippen LogP) is 3.88. The van der Waals surface area contributed by atoms with Crippen LogP contribution in [0.2, 0.25) is 0 Å². The number of fused-ring (bicyclic) bond motifs is 1. The molecule has 0 amide bonds. The number of hydrogen-bond donors (Lipinski definition) is 1. The Kier molecular flexibility index (Phi) is 4.54. The average Bonchev–Trinajstić information content (AvgIpc) is 3.42. The van der Waals surface area contributed by atoms with Gasteiger partial charge in [-0.3, -0.25) is 14.3 Å². The lowest BCUT2D eigenvalue weighted by Crippen LogP contribution is -2.53. The summed E-state index contributed by atoms with van der Waals surface area (Å²) >= 11 is 0. The quantitative estimate of drug-likeness (QED) is 0.702. The molecule has 1 saturated carbocycles. The Morgan fingerprint density at radius 1 is 1.06 bits per heavy atom. The van der Waals surface area contributed by atoms with E-state index in [0.29, 0.717) is 11.6 Å². The van der Waals surface area contributed by atoms with Crippen molar-refractivity contribution in [1.29, 1.82) is 0 Å². The minimum Gasteiger partial charge on any atom is -0.355 e. The first kappa shape index (κ1) is 19.3. The zero-order valence-electron chi connectivity index (χ0n) is 18.6. The number of piperazine rings is 1. The predicted molar refractivity (Wildman–Crippen MR) is 123 cm³/mol. The first-order valence-corrected chi connectivity index (χ1v) is 11.7. The third kappa shape index (κ3) is 3.33. The molecule has 5 heterocycles. The number of aromatic nitrogens is 3. The van der Waals surface area contributed by atoms with Gasteiger partial charge in [0.25, 0.3) is 0 Å². The molecule has 6 rings (SSSR count). The Morgan fingerprint density at radius 3 is 2.77 bits per heavy atom. The number of hydrogen-bond acceptors (Lipinski definition) is 5. The van der Waals surface area contributed by atoms with Crippen LogP contribution in [0.3, 0.4) is 0 Å². The zero-order valence-corrected chi connectivity index (χ0v) is 18.6. The summed E-state index contributed by atoms with van der Waals surface area (Å²) in [7, 11) is 2.29. The Balaban J connectivity index is 1.29. The molecule has 31 heavy (non-hydrogen) atoms. The molecule has 162 valence electrons. The molecule has 0 aromatic carbocycles. The average molecular weight is 417 g/mol. The number of piperidine rings is 1. The number of imidazole rings is 1. The van der Waals surface area contributed by atoms with Gasteiger partial charge in [0.05, 0.1) is 23.5 Å². The van der Waals surface area contributed by atoms with E-state index in [2.05, 4.69) is 68.9 Å². The van der Waals surface area contributed by atoms with Crippen molar-refractivity contribution in [2.75, 3.05) is 31.6 Å². The standard InChI is InChI=1S/C25H32N6/c1-18-6-5-13-26-24(18)20-8-3-7-19(27-20)21-16-31-22(28-21)9-4-10-23(31)30-15-14-29(2)25(17-30)11-12-25/h4-6,9-10,13,16,19-20,27H,3,7-8,11-12,14-15,17H2,1-2H3/t19-,20+/m1/s1. The van der Waals surface area contributed by atoms with Gasteiger partial charge in [-0.05, 0) is 69.8 Å². The fraction of sp³-hybridized carbons (Fsp3) is 0.520. The number of anilines is 1. The van der Waals surface area contributed by atoms with Crippen molar-refractivity contribution in [2.24, 2.45) is 0 Å². The molecule has 0 unspecified atom stereocenters. The lowest BCUT2D eigenvalue weighted by atomic mass is 9.93. The zero-order chi connectivity index (χ0) is 21.0. The summed E-state index contributed by atoms with van der Waals surface area (Å²) in [6.45, 7) is 5.49. The third-order valence-electron chi connectivity index (χ3n) is 7.77. The van der Waals surface area contributed by atoms with E-state index in [-0.39, 0.29) is 6.04 Å². The van der Waals surface area contributed by atoms with E-state index in [1.807, 2.05) is 12.3 Å². The number of nitrogens with one attached hydrogen (secondary N) is 1. The van der Waals surface area contributed by atoms with Crippen LogP contribution >= 0.6 is 0 Å². The smallest absolute Gasteiger partial charge is 0.138 e. The molecule has 0 radical (unpaired) electrons. The minimum atomic E-state index is 0.273. The highest BCUT2D eigenvalue weighted by Gasteiger charge is 2.49. The summed E-state index contributed by atoms with van der Waals surface area (Å²) in [5.41, 5.74) is 5.06. The van der Waals surface area contributed by atoms with Gasteiger partial charge < -0.3 is 10.2 Å². The van der Waals surface area contributed by atoms with Gasteiger partial charge in [0.1, 0.15) is 11.5 Å². The van der Waals surface area contributed by atoms with E-state index >= 15 is 0 Å². The molecule has 6 heteroatoms. The third-order valence-corrected chi connectivity index (χ3v) is 7.77. The molecule has 3 aliphatic rings. The molecule has 2 saturated heterocycles. The largest absolute Gasteiger partial charge is 0.355 e. The summed E-state index contributed by atoms with van der Waals surface area (Å²) in [6, 6.07) is 11.3. The molecule has 1 N–H and O–H groups in total. The van der Waals surface area contributed by atoms with Crippen molar-refractivity contribution in [1.82, 2.24) is 24.6 Å². The van der Waals surface area contributed by atoms with E-state index in [9.17, 15) is 0 Å². The van der Waals surface area contributed by atoms with Gasteiger partial charge in [-0.15, -0.1) is 0 Å². The first-order chi connectivity index (χ1) is 15.1. The van der Waals surface area contributed by atoms with Crippen LogP contribution in [0.25, 0.3) is 5.65 Å². The number of rotatable bonds is 3. The second-order valence-electron chi connectivity index (χ2n) is 9.75. The van der Waals surface area contributed by atoms with E-state index in [1.165, 1.54) is 36.3 Å². The van der Waals surface area contributed by atoms with E-state index < -0.39 is 0 Å². The SMILES string of the molecule is Cc1cccnc1[C@@H]1CCC[C@H](c2cn3c(N4CCN(C)C5(CC5)C4)cccc3n2)N1. The lowest BCUT2D eigenvalue weighted by Gasteiger charge is -2.41. The topological polar surface area (TPSA) is 48.7 Å². The number of likely N-dealkylation sites (N-methyl/N-ethyl adjacent to an activating group) is 1.